The fourth-order valence-corrected chi connectivity index (χ4v) is 0.870. The van der Waals surface area contributed by atoms with Crippen molar-refractivity contribution in [3.8, 4) is 0 Å². The largest absolute Gasteiger partial charge is 0.462 e. The molecule has 1 heterocycles. The maximum Gasteiger partial charge on any atom is 0.336 e. The van der Waals surface area contributed by atoms with E-state index in [2.05, 4.69) is 6.58 Å². The van der Waals surface area contributed by atoms with Crippen molar-refractivity contribution in [3.63, 3.8) is 0 Å². The summed E-state index contributed by atoms with van der Waals surface area (Å²) < 4.78 is 9.63. The Hall–Kier alpha value is -0.870. The molecule has 0 aromatic heterocycles. The number of ether oxygens (including phenoxy) is 2. The van der Waals surface area contributed by atoms with Crippen LogP contribution in [0.5, 0.6) is 0 Å². The van der Waals surface area contributed by atoms with Gasteiger partial charge in [0.1, 0.15) is 12.2 Å². The smallest absolute Gasteiger partial charge is 0.336 e. The first-order valence-corrected chi connectivity index (χ1v) is 4.32. The van der Waals surface area contributed by atoms with Crippen molar-refractivity contribution in [2.24, 2.45) is 0 Å². The molecule has 4 nitrogen and oxygen atoms in total. The monoisotopic (exact) mass is 186 g/mol. The van der Waals surface area contributed by atoms with Crippen molar-refractivity contribution in [2.75, 3.05) is 13.2 Å². The van der Waals surface area contributed by atoms with E-state index in [1.165, 1.54) is 0 Å². The van der Waals surface area contributed by atoms with Crippen molar-refractivity contribution < 1.29 is 19.4 Å². The number of epoxide rings is 1. The van der Waals surface area contributed by atoms with Crippen LogP contribution in [0.1, 0.15) is 13.3 Å². The molecule has 13 heavy (non-hydrogen) atoms. The summed E-state index contributed by atoms with van der Waals surface area (Å²) in [5, 5.41) is 9.40. The topological polar surface area (TPSA) is 59.1 Å². The van der Waals surface area contributed by atoms with Gasteiger partial charge in [-0.15, -0.1) is 0 Å². The molecule has 0 aromatic carbocycles. The van der Waals surface area contributed by atoms with Crippen molar-refractivity contribution >= 4 is 5.97 Å². The summed E-state index contributed by atoms with van der Waals surface area (Å²) in [5.41, 5.74) is 0.0796. The van der Waals surface area contributed by atoms with Gasteiger partial charge in [0.05, 0.1) is 18.8 Å². The number of carbonyl (C=O) groups excluding carboxylic acids is 1. The van der Waals surface area contributed by atoms with E-state index in [4.69, 9.17) is 9.47 Å². The van der Waals surface area contributed by atoms with E-state index in [1.807, 2.05) is 6.92 Å². The third-order valence-electron chi connectivity index (χ3n) is 1.77. The number of aliphatic hydroxyl groups is 1. The first-order valence-electron chi connectivity index (χ1n) is 4.32. The van der Waals surface area contributed by atoms with E-state index in [-0.39, 0.29) is 11.7 Å². The van der Waals surface area contributed by atoms with E-state index >= 15 is 0 Å². The molecule has 1 saturated heterocycles. The molecule has 2 unspecified atom stereocenters. The normalized spacial score (nSPS) is 22.2. The van der Waals surface area contributed by atoms with Crippen LogP contribution >= 0.6 is 0 Å². The highest BCUT2D eigenvalue weighted by atomic mass is 16.6. The Balaban J connectivity index is 2.32. The maximum absolute atomic E-state index is 11.1. The third kappa shape index (κ3) is 2.82. The van der Waals surface area contributed by atoms with Crippen LogP contribution in [0.15, 0.2) is 12.2 Å². The van der Waals surface area contributed by atoms with Gasteiger partial charge in [0, 0.05) is 0 Å². The maximum atomic E-state index is 11.1. The minimum Gasteiger partial charge on any atom is -0.462 e. The van der Waals surface area contributed by atoms with Crippen LogP contribution in [-0.4, -0.2) is 36.5 Å². The Morgan fingerprint density at radius 3 is 2.92 bits per heavy atom. The number of hydrogen-bond acceptors (Lipinski definition) is 4. The molecule has 0 aliphatic carbocycles. The van der Waals surface area contributed by atoms with Crippen LogP contribution < -0.4 is 0 Å². The lowest BCUT2D eigenvalue weighted by Crippen LogP contribution is -2.24. The summed E-state index contributed by atoms with van der Waals surface area (Å²) >= 11 is 0. The average molecular weight is 186 g/mol. The second kappa shape index (κ2) is 4.39. The lowest BCUT2D eigenvalue weighted by molar-refractivity contribution is -0.140. The Labute approximate surface area is 77.1 Å². The molecule has 1 fully saturated rings. The minimum atomic E-state index is -0.913. The second-order valence-corrected chi connectivity index (χ2v) is 2.98. The molecule has 0 radical (unpaired) electrons. The average Bonchev–Trinajstić information content (AvgIpc) is 2.94. The molecule has 74 valence electrons. The molecule has 2 atom stereocenters. The first kappa shape index (κ1) is 10.2. The van der Waals surface area contributed by atoms with E-state index in [9.17, 15) is 9.90 Å². The molecule has 1 rings (SSSR count). The van der Waals surface area contributed by atoms with Gasteiger partial charge in [0.25, 0.3) is 0 Å². The Morgan fingerprint density at radius 2 is 2.46 bits per heavy atom. The van der Waals surface area contributed by atoms with Gasteiger partial charge < -0.3 is 14.6 Å². The van der Waals surface area contributed by atoms with Crippen LogP contribution in [0.4, 0.5) is 0 Å². The van der Waals surface area contributed by atoms with Gasteiger partial charge in [-0.25, -0.2) is 4.79 Å². The van der Waals surface area contributed by atoms with Gasteiger partial charge >= 0.3 is 5.97 Å². The summed E-state index contributed by atoms with van der Waals surface area (Å²) in [5.74, 6) is -0.537. The minimum absolute atomic E-state index is 0.0796. The molecule has 0 aromatic rings. The zero-order valence-corrected chi connectivity index (χ0v) is 7.66. The lowest BCUT2D eigenvalue weighted by atomic mass is 10.1. The molecule has 0 saturated carbocycles. The van der Waals surface area contributed by atoms with Gasteiger partial charge in [-0.1, -0.05) is 13.5 Å². The van der Waals surface area contributed by atoms with E-state index < -0.39 is 12.1 Å². The van der Waals surface area contributed by atoms with Gasteiger partial charge in [-0.05, 0) is 6.42 Å². The molecule has 1 aliphatic rings. The summed E-state index contributed by atoms with van der Waals surface area (Å²) in [7, 11) is 0. The number of aliphatic hydroxyl groups excluding tert-OH is 1. The van der Waals surface area contributed by atoms with Crippen LogP contribution in [-0.2, 0) is 14.3 Å². The summed E-state index contributed by atoms with van der Waals surface area (Å²) in [6.45, 7) is 6.21. The summed E-state index contributed by atoms with van der Waals surface area (Å²) in [6, 6.07) is 0. The molecule has 0 amide bonds. The van der Waals surface area contributed by atoms with E-state index in [0.717, 1.165) is 6.42 Å². The molecular weight excluding hydrogens is 172 g/mol. The summed E-state index contributed by atoms with van der Waals surface area (Å²) in [6.07, 6.45) is -0.416. The predicted molar refractivity (Wildman–Crippen MR) is 46.1 cm³/mol. The zero-order chi connectivity index (χ0) is 9.84. The zero-order valence-electron chi connectivity index (χ0n) is 7.66. The van der Waals surface area contributed by atoms with Crippen molar-refractivity contribution in [2.45, 2.75) is 25.6 Å². The highest BCUT2D eigenvalue weighted by molar-refractivity contribution is 5.89. The fraction of sp³-hybridized carbons (Fsp3) is 0.667. The molecular formula is C9H14O4. The van der Waals surface area contributed by atoms with Gasteiger partial charge in [0.2, 0.25) is 0 Å². The molecule has 0 bridgehead atoms. The first-order chi connectivity index (χ1) is 6.16. The van der Waals surface area contributed by atoms with Gasteiger partial charge in [-0.3, -0.25) is 0 Å². The number of rotatable bonds is 5. The Bertz CT molecular complexity index is 208. The SMILES string of the molecule is C=C(C(=O)OCCC)C(O)C1CO1. The van der Waals surface area contributed by atoms with Gasteiger partial charge in [-0.2, -0.15) is 0 Å². The van der Waals surface area contributed by atoms with Crippen LogP contribution in [0, 0.1) is 0 Å². The van der Waals surface area contributed by atoms with Crippen molar-refractivity contribution in [3.05, 3.63) is 12.2 Å². The Kier molecular flexibility index (Phi) is 3.45. The molecule has 0 spiro atoms. The second-order valence-electron chi connectivity index (χ2n) is 2.98. The van der Waals surface area contributed by atoms with E-state index in [0.29, 0.717) is 13.2 Å². The predicted octanol–water partition coefficient (Wildman–Crippen LogP) is 0.255. The highest BCUT2D eigenvalue weighted by Gasteiger charge is 2.35. The van der Waals surface area contributed by atoms with Gasteiger partial charge in [0.15, 0.2) is 0 Å². The number of esters is 1. The highest BCUT2D eigenvalue weighted by Crippen LogP contribution is 2.19. The van der Waals surface area contributed by atoms with Crippen LogP contribution in [0.3, 0.4) is 0 Å². The van der Waals surface area contributed by atoms with Crippen molar-refractivity contribution in [1.82, 2.24) is 0 Å². The van der Waals surface area contributed by atoms with Crippen LogP contribution in [0.25, 0.3) is 0 Å². The quantitative estimate of drug-likeness (QED) is 0.380. The number of carbonyl (C=O) groups is 1. The third-order valence-corrected chi connectivity index (χ3v) is 1.77. The number of hydrogen-bond donors (Lipinski definition) is 1. The molecule has 1 aliphatic heterocycles. The lowest BCUT2D eigenvalue weighted by Gasteiger charge is -2.09. The van der Waals surface area contributed by atoms with Crippen LogP contribution in [0.2, 0.25) is 0 Å². The molecule has 4 heteroatoms. The standard InChI is InChI=1S/C9H14O4/c1-3-4-12-9(11)6(2)8(10)7-5-13-7/h7-8,10H,2-5H2,1H3. The fourth-order valence-electron chi connectivity index (χ4n) is 0.870. The van der Waals surface area contributed by atoms with Crippen molar-refractivity contribution in [1.29, 1.82) is 0 Å². The summed E-state index contributed by atoms with van der Waals surface area (Å²) in [4.78, 5) is 11.1. The van der Waals surface area contributed by atoms with E-state index in [1.54, 1.807) is 0 Å². The Morgan fingerprint density at radius 1 is 1.85 bits per heavy atom. The molecule has 1 N–H and O–H groups in total.